The van der Waals surface area contributed by atoms with E-state index in [0.29, 0.717) is 55.5 Å². The number of amides is 2. The number of sulfonamides is 1. The standard InChI is InChI=1S/C35H42N6O6S.ClH/c1-22-2-12-28(48(45,46)41-14-16-47-17-15-41)20-29(22)25-7-3-23(4-8-25)18-32(38-33(42)26-9-5-24(21-36)6-10-26)34(43)37-27-11-13-30-31(19-27)40-35(44)39-30;/h2-4,7-8,11-13,19-20,24,26,32H,5-6,9-10,14-18,21,36H2,1H3,(H,37,43)(H,38,42)(H2,39,40,44);1H/t24-,26-,32-;/m0./s1. The summed E-state index contributed by atoms with van der Waals surface area (Å²) in [6, 6.07) is 17.0. The first kappa shape index (κ1) is 36.3. The van der Waals surface area contributed by atoms with Crippen molar-refractivity contribution in [1.29, 1.82) is 0 Å². The summed E-state index contributed by atoms with van der Waals surface area (Å²) in [5, 5.41) is 5.92. The fourth-order valence-corrected chi connectivity index (χ4v) is 8.00. The van der Waals surface area contributed by atoms with E-state index in [9.17, 15) is 22.8 Å². The minimum Gasteiger partial charge on any atom is -0.379 e. The Morgan fingerprint density at radius 3 is 2.35 bits per heavy atom. The van der Waals surface area contributed by atoms with Gasteiger partial charge in [0.1, 0.15) is 6.04 Å². The molecule has 2 heterocycles. The van der Waals surface area contributed by atoms with Crippen molar-refractivity contribution in [2.75, 3.05) is 38.2 Å². The lowest BCUT2D eigenvalue weighted by Crippen LogP contribution is -2.48. The Hall–Kier alpha value is -4.01. The van der Waals surface area contributed by atoms with Crippen LogP contribution in [0.3, 0.4) is 0 Å². The third-order valence-electron chi connectivity index (χ3n) is 9.49. The molecule has 0 unspecified atom stereocenters. The van der Waals surface area contributed by atoms with Crippen molar-refractivity contribution in [3.05, 3.63) is 82.3 Å². The minimum absolute atomic E-state index is 0. The maximum Gasteiger partial charge on any atom is 0.323 e. The number of carbonyl (C=O) groups excluding carboxylic acids is 2. The molecule has 1 aromatic heterocycles. The normalized spacial score (nSPS) is 19.1. The number of anilines is 1. The molecule has 2 fully saturated rings. The number of morpholine rings is 1. The smallest absolute Gasteiger partial charge is 0.323 e. The zero-order valence-electron chi connectivity index (χ0n) is 27.4. The van der Waals surface area contributed by atoms with Gasteiger partial charge >= 0.3 is 5.69 Å². The van der Waals surface area contributed by atoms with Crippen LogP contribution in [-0.2, 0) is 30.8 Å². The predicted octanol–water partition coefficient (Wildman–Crippen LogP) is 3.71. The van der Waals surface area contributed by atoms with Crippen LogP contribution in [0.25, 0.3) is 22.2 Å². The molecule has 1 aliphatic heterocycles. The molecule has 3 aromatic carbocycles. The number of hydrogen-bond acceptors (Lipinski definition) is 7. The molecule has 2 aliphatic rings. The van der Waals surface area contributed by atoms with E-state index in [4.69, 9.17) is 10.5 Å². The molecule has 2 amide bonds. The largest absolute Gasteiger partial charge is 0.379 e. The SMILES string of the molecule is Cc1ccc(S(=O)(=O)N2CCOCC2)cc1-c1ccc(C[C@H](NC(=O)[C@H]2CC[C@H](CN)CC2)C(=O)Nc2ccc3[nH]c(=O)[nH]c3c2)cc1.Cl. The van der Waals surface area contributed by atoms with Crippen LogP contribution in [0.1, 0.15) is 36.8 Å². The van der Waals surface area contributed by atoms with Gasteiger partial charge in [-0.15, -0.1) is 12.4 Å². The van der Waals surface area contributed by atoms with Crippen LogP contribution in [0.5, 0.6) is 0 Å². The highest BCUT2D eigenvalue weighted by Gasteiger charge is 2.30. The van der Waals surface area contributed by atoms with E-state index in [1.807, 2.05) is 37.3 Å². The van der Waals surface area contributed by atoms with Crippen molar-refractivity contribution in [3.63, 3.8) is 0 Å². The number of aromatic amines is 2. The first-order valence-electron chi connectivity index (χ1n) is 16.4. The molecule has 1 saturated heterocycles. The second-order valence-electron chi connectivity index (χ2n) is 12.7. The van der Waals surface area contributed by atoms with Gasteiger partial charge in [-0.05, 0) is 97.7 Å². The van der Waals surface area contributed by atoms with Gasteiger partial charge in [0.05, 0.1) is 29.1 Å². The fourth-order valence-electron chi connectivity index (χ4n) is 6.56. The van der Waals surface area contributed by atoms with E-state index < -0.39 is 16.1 Å². The number of nitrogens with zero attached hydrogens (tertiary/aromatic N) is 1. The number of imidazole rings is 1. The molecule has 14 heteroatoms. The second kappa shape index (κ2) is 15.7. The number of H-pyrrole nitrogens is 2. The first-order valence-corrected chi connectivity index (χ1v) is 17.9. The van der Waals surface area contributed by atoms with Gasteiger partial charge in [-0.3, -0.25) is 9.59 Å². The van der Waals surface area contributed by atoms with Gasteiger partial charge in [0.15, 0.2) is 0 Å². The van der Waals surface area contributed by atoms with Gasteiger partial charge < -0.3 is 31.1 Å². The summed E-state index contributed by atoms with van der Waals surface area (Å²) < 4.78 is 33.4. The number of fused-ring (bicyclic) bond motifs is 1. The van der Waals surface area contributed by atoms with Crippen LogP contribution in [0.2, 0.25) is 0 Å². The van der Waals surface area contributed by atoms with Crippen LogP contribution in [-0.4, -0.2) is 73.4 Å². The Kier molecular flexibility index (Phi) is 11.6. The van der Waals surface area contributed by atoms with Gasteiger partial charge in [0.25, 0.3) is 0 Å². The highest BCUT2D eigenvalue weighted by atomic mass is 35.5. The van der Waals surface area contributed by atoms with Crippen molar-refractivity contribution >= 4 is 51.0 Å². The molecule has 6 N–H and O–H groups in total. The molecular formula is C35H43ClN6O6S. The Balaban J connectivity index is 0.00000468. The molecule has 262 valence electrons. The molecule has 1 aliphatic carbocycles. The van der Waals surface area contributed by atoms with Gasteiger partial charge in [-0.2, -0.15) is 4.31 Å². The monoisotopic (exact) mass is 710 g/mol. The fraction of sp³-hybridized carbons (Fsp3) is 0.400. The average molecular weight is 711 g/mol. The first-order chi connectivity index (χ1) is 23.1. The van der Waals surface area contributed by atoms with Crippen LogP contribution >= 0.6 is 12.4 Å². The average Bonchev–Trinajstić information content (AvgIpc) is 3.48. The van der Waals surface area contributed by atoms with E-state index in [2.05, 4.69) is 20.6 Å². The van der Waals surface area contributed by atoms with Crippen molar-refractivity contribution in [3.8, 4) is 11.1 Å². The molecular weight excluding hydrogens is 668 g/mol. The second-order valence-corrected chi connectivity index (χ2v) is 14.7. The summed E-state index contributed by atoms with van der Waals surface area (Å²) in [4.78, 5) is 44.4. The molecule has 12 nitrogen and oxygen atoms in total. The summed E-state index contributed by atoms with van der Waals surface area (Å²) in [5.41, 5.74) is 10.6. The third-order valence-corrected chi connectivity index (χ3v) is 11.4. The van der Waals surface area contributed by atoms with E-state index in [1.165, 1.54) is 4.31 Å². The maximum atomic E-state index is 13.7. The van der Waals surface area contributed by atoms with E-state index in [0.717, 1.165) is 47.9 Å². The lowest BCUT2D eigenvalue weighted by atomic mass is 9.81. The number of aryl methyl sites for hydroxylation is 1. The molecule has 6 rings (SSSR count). The van der Waals surface area contributed by atoms with Crippen molar-refractivity contribution in [2.45, 2.75) is 50.0 Å². The van der Waals surface area contributed by atoms with Crippen molar-refractivity contribution in [1.82, 2.24) is 19.6 Å². The van der Waals surface area contributed by atoms with Gasteiger partial charge in [-0.25, -0.2) is 13.2 Å². The highest BCUT2D eigenvalue weighted by Crippen LogP contribution is 2.30. The number of aromatic nitrogens is 2. The van der Waals surface area contributed by atoms with Crippen LogP contribution < -0.4 is 22.1 Å². The third kappa shape index (κ3) is 8.42. The topological polar surface area (TPSA) is 179 Å². The lowest BCUT2D eigenvalue weighted by molar-refractivity contribution is -0.130. The Bertz CT molecular complexity index is 1950. The number of benzene rings is 3. The van der Waals surface area contributed by atoms with E-state index in [-0.39, 0.29) is 47.1 Å². The Labute approximate surface area is 291 Å². The van der Waals surface area contributed by atoms with Crippen LogP contribution in [0.4, 0.5) is 5.69 Å². The summed E-state index contributed by atoms with van der Waals surface area (Å²) >= 11 is 0. The number of halogens is 1. The van der Waals surface area contributed by atoms with Crippen molar-refractivity contribution in [2.24, 2.45) is 17.6 Å². The molecule has 0 spiro atoms. The molecule has 1 saturated carbocycles. The molecule has 4 aromatic rings. The van der Waals surface area contributed by atoms with Gasteiger partial charge in [0.2, 0.25) is 21.8 Å². The highest BCUT2D eigenvalue weighted by molar-refractivity contribution is 7.89. The van der Waals surface area contributed by atoms with Crippen LogP contribution in [0, 0.1) is 18.8 Å². The summed E-state index contributed by atoms with van der Waals surface area (Å²) in [5.74, 6) is -0.292. The Morgan fingerprint density at radius 2 is 1.65 bits per heavy atom. The zero-order chi connectivity index (χ0) is 33.8. The molecule has 1 atom stereocenters. The molecule has 0 radical (unpaired) electrons. The zero-order valence-corrected chi connectivity index (χ0v) is 29.0. The maximum absolute atomic E-state index is 13.7. The van der Waals surface area contributed by atoms with Crippen molar-refractivity contribution < 1.29 is 22.7 Å². The van der Waals surface area contributed by atoms with Gasteiger partial charge in [0, 0.05) is 31.1 Å². The molecule has 49 heavy (non-hydrogen) atoms. The number of rotatable bonds is 10. The summed E-state index contributed by atoms with van der Waals surface area (Å²) in [7, 11) is -3.66. The Morgan fingerprint density at radius 1 is 0.959 bits per heavy atom. The van der Waals surface area contributed by atoms with E-state index >= 15 is 0 Å². The van der Waals surface area contributed by atoms with E-state index in [1.54, 1.807) is 30.3 Å². The number of nitrogens with two attached hydrogens (primary N) is 1. The number of carbonyl (C=O) groups is 2. The number of nitrogens with one attached hydrogen (secondary N) is 4. The predicted molar refractivity (Wildman–Crippen MR) is 191 cm³/mol. The van der Waals surface area contributed by atoms with Gasteiger partial charge in [-0.1, -0.05) is 30.3 Å². The minimum atomic E-state index is -3.66. The lowest BCUT2D eigenvalue weighted by Gasteiger charge is -2.28. The summed E-state index contributed by atoms with van der Waals surface area (Å²) in [6.45, 7) is 3.93. The summed E-state index contributed by atoms with van der Waals surface area (Å²) in [6.07, 6.45) is 3.47. The molecule has 0 bridgehead atoms. The quantitative estimate of drug-likeness (QED) is 0.166. The number of ether oxygens (including phenoxy) is 1. The van der Waals surface area contributed by atoms with Crippen LogP contribution in [0.15, 0.2) is 70.4 Å². The number of hydrogen-bond donors (Lipinski definition) is 5.